The van der Waals surface area contributed by atoms with Crippen LogP contribution >= 0.6 is 0 Å². The molecule has 1 unspecified atom stereocenters. The third kappa shape index (κ3) is 4.51. The highest BCUT2D eigenvalue weighted by atomic mass is 14.9. The zero-order valence-electron chi connectivity index (χ0n) is 11.8. The topological polar surface area (TPSA) is 12.0 Å². The molecular formula is C16H27N. The van der Waals surface area contributed by atoms with Gasteiger partial charge in [0.05, 0.1) is 0 Å². The summed E-state index contributed by atoms with van der Waals surface area (Å²) < 4.78 is 0. The maximum atomic E-state index is 3.59. The van der Waals surface area contributed by atoms with Gasteiger partial charge in [-0.15, -0.1) is 0 Å². The number of rotatable bonds is 7. The largest absolute Gasteiger partial charge is 0.314 e. The molecule has 0 aliphatic heterocycles. The smallest absolute Gasteiger partial charge is 0.00700 e. The molecule has 0 aliphatic rings. The summed E-state index contributed by atoms with van der Waals surface area (Å²) >= 11 is 0. The summed E-state index contributed by atoms with van der Waals surface area (Å²) in [6.07, 6.45) is 5.01. The zero-order chi connectivity index (χ0) is 12.7. The molecule has 0 radical (unpaired) electrons. The van der Waals surface area contributed by atoms with Crippen molar-refractivity contribution in [3.05, 3.63) is 34.9 Å². The molecule has 0 saturated heterocycles. The molecule has 0 amide bonds. The number of nitrogens with one attached hydrogen (secondary N) is 1. The predicted octanol–water partition coefficient (Wildman–Crippen LogP) is 4.01. The molecule has 0 saturated carbocycles. The second-order valence-corrected chi connectivity index (χ2v) is 4.94. The van der Waals surface area contributed by atoms with Crippen molar-refractivity contribution in [2.45, 2.75) is 59.4 Å². The van der Waals surface area contributed by atoms with Gasteiger partial charge >= 0.3 is 0 Å². The Bertz CT molecular complexity index is 324. The van der Waals surface area contributed by atoms with Crippen molar-refractivity contribution in [3.8, 4) is 0 Å². The van der Waals surface area contributed by atoms with E-state index in [1.165, 1.54) is 42.4 Å². The van der Waals surface area contributed by atoms with Crippen molar-refractivity contribution in [2.24, 2.45) is 0 Å². The first-order valence-electron chi connectivity index (χ1n) is 6.97. The Morgan fingerprint density at radius 1 is 1.12 bits per heavy atom. The average Bonchev–Trinajstić information content (AvgIpc) is 2.31. The SMILES string of the molecule is CCCC(CCc1cccc(C)c1C)NCC. The Balaban J connectivity index is 2.55. The monoisotopic (exact) mass is 233 g/mol. The van der Waals surface area contributed by atoms with E-state index < -0.39 is 0 Å². The number of hydrogen-bond acceptors (Lipinski definition) is 1. The van der Waals surface area contributed by atoms with E-state index in [0.29, 0.717) is 6.04 Å². The zero-order valence-corrected chi connectivity index (χ0v) is 11.8. The van der Waals surface area contributed by atoms with Gasteiger partial charge in [0.2, 0.25) is 0 Å². The van der Waals surface area contributed by atoms with Gasteiger partial charge in [-0.25, -0.2) is 0 Å². The summed E-state index contributed by atoms with van der Waals surface area (Å²) in [6.45, 7) is 9.99. The summed E-state index contributed by atoms with van der Waals surface area (Å²) in [6, 6.07) is 7.34. The highest BCUT2D eigenvalue weighted by Crippen LogP contribution is 2.16. The summed E-state index contributed by atoms with van der Waals surface area (Å²) in [4.78, 5) is 0. The van der Waals surface area contributed by atoms with E-state index in [0.717, 1.165) is 6.54 Å². The van der Waals surface area contributed by atoms with Crippen LogP contribution in [0.4, 0.5) is 0 Å². The first kappa shape index (κ1) is 14.2. The van der Waals surface area contributed by atoms with Crippen LogP contribution in [0.5, 0.6) is 0 Å². The van der Waals surface area contributed by atoms with Crippen LogP contribution in [-0.2, 0) is 6.42 Å². The number of aryl methyl sites for hydroxylation is 2. The lowest BCUT2D eigenvalue weighted by Gasteiger charge is -2.18. The van der Waals surface area contributed by atoms with E-state index in [2.05, 4.69) is 51.2 Å². The third-order valence-electron chi connectivity index (χ3n) is 3.61. The van der Waals surface area contributed by atoms with Crippen molar-refractivity contribution < 1.29 is 0 Å². The highest BCUT2D eigenvalue weighted by molar-refractivity contribution is 5.33. The van der Waals surface area contributed by atoms with Gasteiger partial charge in [-0.1, -0.05) is 38.5 Å². The van der Waals surface area contributed by atoms with Crippen LogP contribution in [-0.4, -0.2) is 12.6 Å². The fraction of sp³-hybridized carbons (Fsp3) is 0.625. The molecule has 0 heterocycles. The van der Waals surface area contributed by atoms with Crippen LogP contribution in [0.2, 0.25) is 0 Å². The lowest BCUT2D eigenvalue weighted by Crippen LogP contribution is -2.29. The minimum absolute atomic E-state index is 0.685. The van der Waals surface area contributed by atoms with Crippen LogP contribution in [0.3, 0.4) is 0 Å². The molecule has 0 spiro atoms. The third-order valence-corrected chi connectivity index (χ3v) is 3.61. The van der Waals surface area contributed by atoms with E-state index in [4.69, 9.17) is 0 Å². The molecule has 1 N–H and O–H groups in total. The van der Waals surface area contributed by atoms with E-state index in [1.54, 1.807) is 0 Å². The number of benzene rings is 1. The molecule has 1 rings (SSSR count). The van der Waals surface area contributed by atoms with Crippen LogP contribution in [0, 0.1) is 13.8 Å². The molecule has 0 bridgehead atoms. The second-order valence-electron chi connectivity index (χ2n) is 4.94. The molecule has 0 aromatic heterocycles. The van der Waals surface area contributed by atoms with Crippen molar-refractivity contribution in [3.63, 3.8) is 0 Å². The van der Waals surface area contributed by atoms with Crippen LogP contribution in [0.25, 0.3) is 0 Å². The molecule has 17 heavy (non-hydrogen) atoms. The molecule has 1 heteroatoms. The minimum atomic E-state index is 0.685. The average molecular weight is 233 g/mol. The quantitative estimate of drug-likeness (QED) is 0.750. The van der Waals surface area contributed by atoms with Gasteiger partial charge in [0, 0.05) is 6.04 Å². The van der Waals surface area contributed by atoms with E-state index in [-0.39, 0.29) is 0 Å². The molecule has 0 aliphatic carbocycles. The number of hydrogen-bond donors (Lipinski definition) is 1. The molecule has 1 aromatic carbocycles. The van der Waals surface area contributed by atoms with E-state index in [1.807, 2.05) is 0 Å². The van der Waals surface area contributed by atoms with Crippen LogP contribution < -0.4 is 5.32 Å². The van der Waals surface area contributed by atoms with E-state index >= 15 is 0 Å². The fourth-order valence-corrected chi connectivity index (χ4v) is 2.40. The Labute approximate surface area is 107 Å². The van der Waals surface area contributed by atoms with E-state index in [9.17, 15) is 0 Å². The maximum Gasteiger partial charge on any atom is 0.00700 e. The summed E-state index contributed by atoms with van der Waals surface area (Å²) in [5.41, 5.74) is 4.40. The van der Waals surface area contributed by atoms with Gasteiger partial charge in [-0.05, 0) is 56.3 Å². The summed E-state index contributed by atoms with van der Waals surface area (Å²) in [5.74, 6) is 0. The van der Waals surface area contributed by atoms with Crippen molar-refractivity contribution in [1.29, 1.82) is 0 Å². The second kappa shape index (κ2) is 7.50. The van der Waals surface area contributed by atoms with Gasteiger partial charge in [0.25, 0.3) is 0 Å². The van der Waals surface area contributed by atoms with Gasteiger partial charge in [0.1, 0.15) is 0 Å². The Hall–Kier alpha value is -0.820. The first-order valence-corrected chi connectivity index (χ1v) is 6.97. The molecule has 1 nitrogen and oxygen atoms in total. The van der Waals surface area contributed by atoms with Crippen molar-refractivity contribution >= 4 is 0 Å². The van der Waals surface area contributed by atoms with Gasteiger partial charge in [0.15, 0.2) is 0 Å². The molecule has 1 aromatic rings. The molecular weight excluding hydrogens is 206 g/mol. The highest BCUT2D eigenvalue weighted by Gasteiger charge is 2.07. The minimum Gasteiger partial charge on any atom is -0.314 e. The Morgan fingerprint density at radius 3 is 2.53 bits per heavy atom. The van der Waals surface area contributed by atoms with Crippen molar-refractivity contribution in [2.75, 3.05) is 6.54 Å². The maximum absolute atomic E-state index is 3.59. The fourth-order valence-electron chi connectivity index (χ4n) is 2.40. The molecule has 0 fully saturated rings. The molecule has 96 valence electrons. The Morgan fingerprint density at radius 2 is 1.88 bits per heavy atom. The summed E-state index contributed by atoms with van der Waals surface area (Å²) in [7, 11) is 0. The standard InChI is InChI=1S/C16H27N/c1-5-8-16(17-6-2)12-11-15-10-7-9-13(3)14(15)4/h7,9-10,16-17H,5-6,8,11-12H2,1-4H3. The van der Waals surface area contributed by atoms with Crippen molar-refractivity contribution in [1.82, 2.24) is 5.32 Å². The Kier molecular flexibility index (Phi) is 6.28. The van der Waals surface area contributed by atoms with Gasteiger partial charge < -0.3 is 5.32 Å². The molecule has 1 atom stereocenters. The first-order chi connectivity index (χ1) is 8.19. The normalized spacial score (nSPS) is 12.7. The van der Waals surface area contributed by atoms with Crippen LogP contribution in [0.15, 0.2) is 18.2 Å². The van der Waals surface area contributed by atoms with Gasteiger partial charge in [-0.3, -0.25) is 0 Å². The lowest BCUT2D eigenvalue weighted by molar-refractivity contribution is 0.459. The van der Waals surface area contributed by atoms with Gasteiger partial charge in [-0.2, -0.15) is 0 Å². The van der Waals surface area contributed by atoms with Crippen LogP contribution in [0.1, 0.15) is 49.8 Å². The summed E-state index contributed by atoms with van der Waals surface area (Å²) in [5, 5.41) is 3.59. The lowest BCUT2D eigenvalue weighted by atomic mass is 9.96. The predicted molar refractivity (Wildman–Crippen MR) is 76.6 cm³/mol.